The maximum Gasteiger partial charge on any atom is 0.274 e. The molecule has 0 aliphatic rings. The van der Waals surface area contributed by atoms with Crippen LogP contribution in [-0.4, -0.2) is 37.0 Å². The van der Waals surface area contributed by atoms with Gasteiger partial charge in [-0.05, 0) is 43.2 Å². The highest BCUT2D eigenvalue weighted by molar-refractivity contribution is 6.05. The summed E-state index contributed by atoms with van der Waals surface area (Å²) in [6, 6.07) is 11.5. The summed E-state index contributed by atoms with van der Waals surface area (Å²) in [7, 11) is 1.70. The summed E-state index contributed by atoms with van der Waals surface area (Å²) in [6.45, 7) is 2.27. The van der Waals surface area contributed by atoms with Gasteiger partial charge in [-0.15, -0.1) is 0 Å². The van der Waals surface area contributed by atoms with Crippen molar-refractivity contribution in [3.8, 4) is 5.69 Å². The third-order valence-electron chi connectivity index (χ3n) is 4.59. The predicted molar refractivity (Wildman–Crippen MR) is 106 cm³/mol. The number of aryl methyl sites for hydroxylation is 2. The number of carbonyl (C=O) groups excluding carboxylic acids is 1. The fourth-order valence-electron chi connectivity index (χ4n) is 3.22. The minimum atomic E-state index is -0.315. The lowest BCUT2D eigenvalue weighted by Crippen LogP contribution is -2.27. The van der Waals surface area contributed by atoms with E-state index in [9.17, 15) is 9.59 Å². The number of hydrogen-bond acceptors (Lipinski definition) is 4. The quantitative estimate of drug-likeness (QED) is 0.554. The molecule has 0 unspecified atom stereocenters. The molecule has 0 saturated carbocycles. The fourth-order valence-corrected chi connectivity index (χ4v) is 3.22. The van der Waals surface area contributed by atoms with Crippen LogP contribution in [0.1, 0.15) is 21.6 Å². The Morgan fingerprint density at radius 3 is 2.75 bits per heavy atom. The summed E-state index contributed by atoms with van der Waals surface area (Å²) in [5, 5.41) is 10.1. The van der Waals surface area contributed by atoms with Crippen molar-refractivity contribution in [3.63, 3.8) is 0 Å². The monoisotopic (exact) mass is 376 g/mol. The number of pyridine rings is 1. The first-order valence-electron chi connectivity index (χ1n) is 8.96. The second kappa shape index (κ2) is 7.15. The predicted octanol–water partition coefficient (Wildman–Crippen LogP) is 1.73. The topological polar surface area (TPSA) is 97.6 Å². The Labute approximate surface area is 160 Å². The lowest BCUT2D eigenvalue weighted by atomic mass is 10.1. The van der Waals surface area contributed by atoms with E-state index in [4.69, 9.17) is 0 Å². The maximum atomic E-state index is 12.7. The Bertz CT molecular complexity index is 1190. The number of amides is 1. The molecule has 4 aromatic rings. The van der Waals surface area contributed by atoms with Crippen LogP contribution in [0.5, 0.6) is 0 Å². The highest BCUT2D eigenvalue weighted by Gasteiger charge is 2.17. The second-order valence-corrected chi connectivity index (χ2v) is 6.63. The Hall–Kier alpha value is -3.68. The SMILES string of the molecule is Cc1cc(C(=O)NCCc2ccc(-n3cccn3)cc2)c2c(=O)[nH]n(C)c2n1. The number of hydrogen-bond donors (Lipinski definition) is 2. The third kappa shape index (κ3) is 3.32. The number of aromatic amines is 1. The summed E-state index contributed by atoms with van der Waals surface area (Å²) in [5.41, 5.74) is 3.27. The van der Waals surface area contributed by atoms with Gasteiger partial charge in [0.05, 0.1) is 16.6 Å². The van der Waals surface area contributed by atoms with E-state index in [-0.39, 0.29) is 11.5 Å². The van der Waals surface area contributed by atoms with Gasteiger partial charge in [0.25, 0.3) is 11.5 Å². The fraction of sp³-hybridized carbons (Fsp3) is 0.200. The Morgan fingerprint density at radius 2 is 2.04 bits per heavy atom. The van der Waals surface area contributed by atoms with E-state index in [1.54, 1.807) is 30.9 Å². The van der Waals surface area contributed by atoms with Crippen LogP contribution < -0.4 is 10.9 Å². The van der Waals surface area contributed by atoms with Gasteiger partial charge in [0.1, 0.15) is 0 Å². The summed E-state index contributed by atoms with van der Waals surface area (Å²) in [4.78, 5) is 29.2. The van der Waals surface area contributed by atoms with Crippen LogP contribution in [0, 0.1) is 6.92 Å². The third-order valence-corrected chi connectivity index (χ3v) is 4.59. The summed E-state index contributed by atoms with van der Waals surface area (Å²) in [5.74, 6) is -0.277. The highest BCUT2D eigenvalue weighted by Crippen LogP contribution is 2.14. The highest BCUT2D eigenvalue weighted by atomic mass is 16.2. The zero-order valence-electron chi connectivity index (χ0n) is 15.6. The largest absolute Gasteiger partial charge is 0.352 e. The average Bonchev–Trinajstić information content (AvgIpc) is 3.31. The zero-order valence-corrected chi connectivity index (χ0v) is 15.6. The Kier molecular flexibility index (Phi) is 4.52. The molecule has 0 atom stereocenters. The first-order valence-corrected chi connectivity index (χ1v) is 8.96. The molecular formula is C20H20N6O2. The lowest BCUT2D eigenvalue weighted by Gasteiger charge is -2.08. The van der Waals surface area contributed by atoms with Gasteiger partial charge in [0, 0.05) is 31.7 Å². The summed E-state index contributed by atoms with van der Waals surface area (Å²) >= 11 is 0. The number of rotatable bonds is 5. The number of benzene rings is 1. The van der Waals surface area contributed by atoms with E-state index < -0.39 is 0 Å². The molecular weight excluding hydrogens is 356 g/mol. The van der Waals surface area contributed by atoms with Crippen LogP contribution in [-0.2, 0) is 13.5 Å². The minimum absolute atomic E-state index is 0.277. The van der Waals surface area contributed by atoms with Crippen molar-refractivity contribution in [1.29, 1.82) is 0 Å². The first kappa shape index (κ1) is 17.7. The molecule has 0 fully saturated rings. The van der Waals surface area contributed by atoms with Gasteiger partial charge in [-0.1, -0.05) is 12.1 Å². The lowest BCUT2D eigenvalue weighted by molar-refractivity contribution is 0.0955. The number of fused-ring (bicyclic) bond motifs is 1. The van der Waals surface area contributed by atoms with Gasteiger partial charge >= 0.3 is 0 Å². The molecule has 0 spiro atoms. The molecule has 4 rings (SSSR count). The van der Waals surface area contributed by atoms with Crippen LogP contribution in [0.3, 0.4) is 0 Å². The van der Waals surface area contributed by atoms with Gasteiger partial charge in [0.15, 0.2) is 5.65 Å². The zero-order chi connectivity index (χ0) is 19.7. The molecule has 142 valence electrons. The Morgan fingerprint density at radius 1 is 1.25 bits per heavy atom. The van der Waals surface area contributed by atoms with Crippen molar-refractivity contribution >= 4 is 16.9 Å². The van der Waals surface area contributed by atoms with Crippen molar-refractivity contribution in [2.24, 2.45) is 7.05 Å². The standard InChI is InChI=1S/C20H20N6O2/c1-13-12-16(17-18(23-13)25(2)24-20(17)28)19(27)21-10-8-14-4-6-15(7-5-14)26-11-3-9-22-26/h3-7,9,11-12H,8,10H2,1-2H3,(H,21,27)(H,24,28). The number of carbonyl (C=O) groups is 1. The normalized spacial score (nSPS) is 11.1. The Balaban J connectivity index is 1.45. The van der Waals surface area contributed by atoms with Gasteiger partial charge in [0.2, 0.25) is 0 Å². The van der Waals surface area contributed by atoms with E-state index >= 15 is 0 Å². The van der Waals surface area contributed by atoms with Crippen LogP contribution in [0.25, 0.3) is 16.7 Å². The van der Waals surface area contributed by atoms with Crippen LogP contribution in [0.15, 0.2) is 53.6 Å². The number of H-pyrrole nitrogens is 1. The molecule has 3 aromatic heterocycles. The van der Waals surface area contributed by atoms with Crippen molar-refractivity contribution < 1.29 is 4.79 Å². The van der Waals surface area contributed by atoms with E-state index in [1.165, 1.54) is 4.68 Å². The molecule has 28 heavy (non-hydrogen) atoms. The number of nitrogens with zero attached hydrogens (tertiary/aromatic N) is 4. The molecule has 0 radical (unpaired) electrons. The molecule has 2 N–H and O–H groups in total. The van der Waals surface area contributed by atoms with Gasteiger partial charge in [-0.25, -0.2) is 9.67 Å². The molecule has 1 amide bonds. The van der Waals surface area contributed by atoms with Crippen LogP contribution in [0.4, 0.5) is 0 Å². The smallest absolute Gasteiger partial charge is 0.274 e. The summed E-state index contributed by atoms with van der Waals surface area (Å²) < 4.78 is 3.32. The van der Waals surface area contributed by atoms with E-state index in [0.29, 0.717) is 35.3 Å². The minimum Gasteiger partial charge on any atom is -0.352 e. The molecule has 0 aliphatic heterocycles. The van der Waals surface area contributed by atoms with Crippen molar-refractivity contribution in [2.75, 3.05) is 6.54 Å². The van der Waals surface area contributed by atoms with E-state index in [0.717, 1.165) is 11.3 Å². The van der Waals surface area contributed by atoms with Gasteiger partial charge < -0.3 is 5.32 Å². The van der Waals surface area contributed by atoms with Gasteiger partial charge in [-0.3, -0.25) is 19.4 Å². The summed E-state index contributed by atoms with van der Waals surface area (Å²) in [6.07, 6.45) is 4.31. The second-order valence-electron chi connectivity index (χ2n) is 6.63. The molecule has 3 heterocycles. The van der Waals surface area contributed by atoms with Crippen molar-refractivity contribution in [1.82, 2.24) is 29.9 Å². The molecule has 0 bridgehead atoms. The maximum absolute atomic E-state index is 12.7. The molecule has 0 saturated heterocycles. The van der Waals surface area contributed by atoms with Gasteiger partial charge in [-0.2, -0.15) is 5.10 Å². The van der Waals surface area contributed by atoms with Crippen LogP contribution in [0.2, 0.25) is 0 Å². The number of aromatic nitrogens is 5. The molecule has 8 nitrogen and oxygen atoms in total. The average molecular weight is 376 g/mol. The van der Waals surface area contributed by atoms with Crippen molar-refractivity contribution in [2.45, 2.75) is 13.3 Å². The number of nitrogens with one attached hydrogen (secondary N) is 2. The molecule has 0 aliphatic carbocycles. The van der Waals surface area contributed by atoms with Crippen LogP contribution >= 0.6 is 0 Å². The first-order chi connectivity index (χ1) is 13.5. The molecule has 1 aromatic carbocycles. The van der Waals surface area contributed by atoms with E-state index in [1.807, 2.05) is 36.5 Å². The van der Waals surface area contributed by atoms with E-state index in [2.05, 4.69) is 20.5 Å². The van der Waals surface area contributed by atoms with Crippen molar-refractivity contribution in [3.05, 3.63) is 76.0 Å². The molecule has 8 heteroatoms.